The normalized spacial score (nSPS) is 15.8. The van der Waals surface area contributed by atoms with Crippen LogP contribution < -0.4 is 4.74 Å². The highest BCUT2D eigenvalue weighted by atomic mass is 19.1. The summed E-state index contributed by atoms with van der Waals surface area (Å²) in [5.41, 5.74) is 3.20. The summed E-state index contributed by atoms with van der Waals surface area (Å²) in [6, 6.07) is 18.7. The minimum atomic E-state index is -0.813. The minimum Gasteiger partial charge on any atom is -0.497 e. The van der Waals surface area contributed by atoms with Gasteiger partial charge in [-0.15, -0.1) is 0 Å². The van der Waals surface area contributed by atoms with E-state index in [1.165, 1.54) is 13.0 Å². The third-order valence-corrected chi connectivity index (χ3v) is 6.72. The van der Waals surface area contributed by atoms with Crippen molar-refractivity contribution in [3.63, 3.8) is 0 Å². The molecule has 1 atom stereocenters. The van der Waals surface area contributed by atoms with Crippen molar-refractivity contribution in [2.75, 3.05) is 20.2 Å². The van der Waals surface area contributed by atoms with E-state index in [0.717, 1.165) is 40.3 Å². The first-order chi connectivity index (χ1) is 16.5. The van der Waals surface area contributed by atoms with E-state index in [0.29, 0.717) is 19.6 Å². The lowest BCUT2D eigenvalue weighted by atomic mass is 9.98. The molecule has 0 saturated carbocycles. The highest BCUT2D eigenvalue weighted by Gasteiger charge is 2.32. The lowest BCUT2D eigenvalue weighted by Crippen LogP contribution is -2.30. The fourth-order valence-corrected chi connectivity index (χ4v) is 4.91. The van der Waals surface area contributed by atoms with E-state index in [4.69, 9.17) is 4.74 Å². The van der Waals surface area contributed by atoms with Gasteiger partial charge in [-0.2, -0.15) is 0 Å². The van der Waals surface area contributed by atoms with Crippen LogP contribution in [0.25, 0.3) is 10.9 Å². The van der Waals surface area contributed by atoms with Gasteiger partial charge in [-0.05, 0) is 54.3 Å². The molecule has 0 aliphatic carbocycles. The summed E-state index contributed by atoms with van der Waals surface area (Å²) in [4.78, 5) is 14.6. The van der Waals surface area contributed by atoms with Crippen molar-refractivity contribution in [3.8, 4) is 5.75 Å². The molecule has 1 aromatic heterocycles. The van der Waals surface area contributed by atoms with Crippen LogP contribution in [-0.4, -0.2) is 35.6 Å². The summed E-state index contributed by atoms with van der Waals surface area (Å²) in [6.45, 7) is 3.12. The molecule has 3 aromatic carbocycles. The van der Waals surface area contributed by atoms with Gasteiger partial charge in [0, 0.05) is 42.7 Å². The molecule has 4 aromatic rings. The van der Waals surface area contributed by atoms with Gasteiger partial charge >= 0.3 is 0 Å². The Morgan fingerprint density at radius 1 is 1.09 bits per heavy atom. The first-order valence-corrected chi connectivity index (χ1v) is 11.4. The molecule has 1 unspecified atom stereocenters. The molecule has 5 rings (SSSR count). The van der Waals surface area contributed by atoms with Crippen molar-refractivity contribution in [2.45, 2.75) is 25.8 Å². The lowest BCUT2D eigenvalue weighted by Gasteiger charge is -2.18. The molecule has 1 saturated heterocycles. The van der Waals surface area contributed by atoms with Crippen molar-refractivity contribution < 1.29 is 18.3 Å². The van der Waals surface area contributed by atoms with Gasteiger partial charge in [0.25, 0.3) is 5.91 Å². The Morgan fingerprint density at radius 3 is 2.74 bits per heavy atom. The third-order valence-electron chi connectivity index (χ3n) is 6.72. The lowest BCUT2D eigenvalue weighted by molar-refractivity contribution is 0.0781. The van der Waals surface area contributed by atoms with Crippen LogP contribution in [0.1, 0.15) is 39.4 Å². The number of carbonyl (C=O) groups excluding carboxylic acids is 1. The zero-order chi connectivity index (χ0) is 23.8. The largest absolute Gasteiger partial charge is 0.497 e. The van der Waals surface area contributed by atoms with Crippen molar-refractivity contribution in [1.82, 2.24) is 9.47 Å². The zero-order valence-electron chi connectivity index (χ0n) is 19.2. The number of carbonyl (C=O) groups is 1. The monoisotopic (exact) mass is 460 g/mol. The number of halogens is 2. The fraction of sp³-hybridized carbons (Fsp3) is 0.250. The number of likely N-dealkylation sites (tertiary alicyclic amines) is 1. The molecule has 0 N–H and O–H groups in total. The molecule has 1 fully saturated rings. The van der Waals surface area contributed by atoms with E-state index in [9.17, 15) is 13.6 Å². The SMILES string of the molecule is COc1cccc(Cn2cc(C3CCN(C(=O)c4c(F)ccc(C)c4F)C3)c3ccccc32)c1. The van der Waals surface area contributed by atoms with Crippen LogP contribution in [0.5, 0.6) is 5.75 Å². The minimum absolute atomic E-state index is 0.0938. The molecule has 6 heteroatoms. The number of aromatic nitrogens is 1. The van der Waals surface area contributed by atoms with Crippen molar-refractivity contribution in [3.05, 3.63) is 101 Å². The van der Waals surface area contributed by atoms with Crippen LogP contribution >= 0.6 is 0 Å². The Hall–Kier alpha value is -3.67. The number of para-hydroxylation sites is 1. The number of benzene rings is 3. The molecule has 2 heterocycles. The highest BCUT2D eigenvalue weighted by Crippen LogP contribution is 2.35. The van der Waals surface area contributed by atoms with Gasteiger partial charge < -0.3 is 14.2 Å². The molecule has 4 nitrogen and oxygen atoms in total. The molecule has 174 valence electrons. The molecular formula is C28H26F2N2O2. The second-order valence-electron chi connectivity index (χ2n) is 8.87. The Kier molecular flexibility index (Phi) is 5.82. The van der Waals surface area contributed by atoms with Gasteiger partial charge in [0.05, 0.1) is 7.11 Å². The molecule has 0 spiro atoms. The average Bonchev–Trinajstić information content (AvgIpc) is 3.47. The number of ether oxygens (including phenoxy) is 1. The number of hydrogen-bond donors (Lipinski definition) is 0. The first kappa shape index (κ1) is 22.1. The maximum absolute atomic E-state index is 14.6. The van der Waals surface area contributed by atoms with E-state index < -0.39 is 23.1 Å². The van der Waals surface area contributed by atoms with Crippen LogP contribution in [0.3, 0.4) is 0 Å². The summed E-state index contributed by atoms with van der Waals surface area (Å²) < 4.78 is 36.5. The van der Waals surface area contributed by atoms with Gasteiger partial charge in [0.2, 0.25) is 0 Å². The molecule has 1 amide bonds. The van der Waals surface area contributed by atoms with Crippen molar-refractivity contribution in [2.24, 2.45) is 0 Å². The number of nitrogens with zero attached hydrogens (tertiary/aromatic N) is 2. The van der Waals surface area contributed by atoms with Gasteiger partial charge in [-0.3, -0.25) is 4.79 Å². The summed E-state index contributed by atoms with van der Waals surface area (Å²) in [6.07, 6.45) is 2.89. The topological polar surface area (TPSA) is 34.5 Å². The van der Waals surface area contributed by atoms with E-state index in [1.54, 1.807) is 12.0 Å². The zero-order valence-corrected chi connectivity index (χ0v) is 19.2. The second-order valence-corrected chi connectivity index (χ2v) is 8.87. The van der Waals surface area contributed by atoms with Crippen molar-refractivity contribution in [1.29, 1.82) is 0 Å². The predicted molar refractivity (Wildman–Crippen MR) is 128 cm³/mol. The number of methoxy groups -OCH3 is 1. The third kappa shape index (κ3) is 3.94. The van der Waals surface area contributed by atoms with Crippen LogP contribution in [0.2, 0.25) is 0 Å². The first-order valence-electron chi connectivity index (χ1n) is 11.4. The standard InChI is InChI=1S/C28H26F2N2O2/c1-18-10-11-24(29)26(27(18)30)28(33)31-13-12-20(16-31)23-17-32(25-9-4-3-8-22(23)25)15-19-6-5-7-21(14-19)34-2/h3-11,14,17,20H,12-13,15-16H2,1-2H3. The molecular weight excluding hydrogens is 434 g/mol. The summed E-state index contributed by atoms with van der Waals surface area (Å²) in [5.74, 6) is -1.26. The Labute approximate surface area is 197 Å². The molecule has 0 radical (unpaired) electrons. The molecule has 1 aliphatic heterocycles. The van der Waals surface area contributed by atoms with Gasteiger partial charge in [-0.25, -0.2) is 8.78 Å². The molecule has 34 heavy (non-hydrogen) atoms. The smallest absolute Gasteiger partial charge is 0.259 e. The highest BCUT2D eigenvalue weighted by molar-refractivity contribution is 5.95. The molecule has 1 aliphatic rings. The maximum atomic E-state index is 14.6. The summed E-state index contributed by atoms with van der Waals surface area (Å²) in [7, 11) is 1.66. The molecule has 0 bridgehead atoms. The van der Waals surface area contributed by atoms with Crippen LogP contribution in [0.15, 0.2) is 66.9 Å². The second kappa shape index (κ2) is 8.93. The number of rotatable bonds is 5. The number of amides is 1. The van der Waals surface area contributed by atoms with Crippen LogP contribution in [0, 0.1) is 18.6 Å². The van der Waals surface area contributed by atoms with Crippen LogP contribution in [-0.2, 0) is 6.54 Å². The van der Waals surface area contributed by atoms with Crippen LogP contribution in [0.4, 0.5) is 8.78 Å². The predicted octanol–water partition coefficient (Wildman–Crippen LogP) is 5.91. The number of aryl methyl sites for hydroxylation is 1. The van der Waals surface area contributed by atoms with E-state index in [-0.39, 0.29) is 11.5 Å². The van der Waals surface area contributed by atoms with Gasteiger partial charge in [0.15, 0.2) is 0 Å². The van der Waals surface area contributed by atoms with Crippen molar-refractivity contribution >= 4 is 16.8 Å². The Bertz CT molecular complexity index is 1380. The maximum Gasteiger partial charge on any atom is 0.259 e. The Morgan fingerprint density at radius 2 is 1.91 bits per heavy atom. The quantitative estimate of drug-likeness (QED) is 0.371. The summed E-state index contributed by atoms with van der Waals surface area (Å²) >= 11 is 0. The van der Waals surface area contributed by atoms with Gasteiger partial charge in [-0.1, -0.05) is 36.4 Å². The number of fused-ring (bicyclic) bond motifs is 1. The number of hydrogen-bond acceptors (Lipinski definition) is 2. The average molecular weight is 461 g/mol. The Balaban J connectivity index is 1.43. The fourth-order valence-electron chi connectivity index (χ4n) is 4.91. The van der Waals surface area contributed by atoms with E-state index in [1.807, 2.05) is 30.3 Å². The van der Waals surface area contributed by atoms with Gasteiger partial charge in [0.1, 0.15) is 22.9 Å². The summed E-state index contributed by atoms with van der Waals surface area (Å²) in [5, 5.41) is 1.14. The van der Waals surface area contributed by atoms with E-state index >= 15 is 0 Å². The van der Waals surface area contributed by atoms with E-state index in [2.05, 4.69) is 29.0 Å².